The molecule has 2 rings (SSSR count). The van der Waals surface area contributed by atoms with Gasteiger partial charge in [-0.3, -0.25) is 14.4 Å². The van der Waals surface area contributed by atoms with Gasteiger partial charge in [-0.15, -0.1) is 0 Å². The number of nitrogens with zero attached hydrogens (tertiary/aromatic N) is 1. The largest absolute Gasteiger partial charge is 0.480 e. The number of amides is 1. The van der Waals surface area contributed by atoms with Gasteiger partial charge in [-0.05, 0) is 23.6 Å². The van der Waals surface area contributed by atoms with E-state index in [1.54, 1.807) is 18.3 Å². The van der Waals surface area contributed by atoms with Crippen LogP contribution in [0.5, 0.6) is 0 Å². The fourth-order valence-electron chi connectivity index (χ4n) is 1.89. The molecule has 1 aromatic heterocycles. The summed E-state index contributed by atoms with van der Waals surface area (Å²) in [5.74, 6) is -3.16. The van der Waals surface area contributed by atoms with E-state index in [-0.39, 0.29) is 5.56 Å². The molecule has 104 valence electrons. The Morgan fingerprint density at radius 3 is 2.30 bits per heavy atom. The Kier molecular flexibility index (Phi) is 3.69. The Morgan fingerprint density at radius 1 is 1.05 bits per heavy atom. The van der Waals surface area contributed by atoms with Crippen molar-refractivity contribution in [3.05, 3.63) is 36.0 Å². The number of H-pyrrole nitrogens is 1. The normalized spacial score (nSPS) is 10.4. The van der Waals surface area contributed by atoms with Gasteiger partial charge in [0.05, 0.1) is 0 Å². The van der Waals surface area contributed by atoms with E-state index in [4.69, 9.17) is 10.2 Å². The van der Waals surface area contributed by atoms with Gasteiger partial charge in [-0.25, -0.2) is 0 Å². The van der Waals surface area contributed by atoms with Crippen LogP contribution in [-0.4, -0.2) is 51.0 Å². The van der Waals surface area contributed by atoms with E-state index in [1.165, 1.54) is 6.07 Å². The van der Waals surface area contributed by atoms with Crippen molar-refractivity contribution >= 4 is 28.7 Å². The number of aromatic amines is 1. The van der Waals surface area contributed by atoms with Crippen molar-refractivity contribution in [3.8, 4) is 0 Å². The number of aromatic nitrogens is 1. The van der Waals surface area contributed by atoms with Gasteiger partial charge in [0.1, 0.15) is 13.1 Å². The number of hydrogen-bond donors (Lipinski definition) is 3. The number of carboxylic acids is 2. The Hall–Kier alpha value is -2.83. The Bertz CT molecular complexity index is 660. The van der Waals surface area contributed by atoms with Crippen molar-refractivity contribution in [1.82, 2.24) is 9.88 Å². The highest BCUT2D eigenvalue weighted by Gasteiger charge is 2.21. The van der Waals surface area contributed by atoms with E-state index in [2.05, 4.69) is 4.98 Å². The standard InChI is InChI=1S/C13H12N2O5/c16-11(17)6-15(7-12(18)19)13(20)9-2-1-8-3-4-14-10(8)5-9/h1-5,14H,6-7H2,(H,16,17)(H,18,19). The Balaban J connectivity index is 2.29. The van der Waals surface area contributed by atoms with Crippen LogP contribution in [0, 0.1) is 0 Å². The van der Waals surface area contributed by atoms with Crippen molar-refractivity contribution in [3.63, 3.8) is 0 Å². The lowest BCUT2D eigenvalue weighted by molar-refractivity contribution is -0.140. The first-order valence-corrected chi connectivity index (χ1v) is 5.77. The molecule has 0 aliphatic rings. The lowest BCUT2D eigenvalue weighted by atomic mass is 10.1. The third-order valence-electron chi connectivity index (χ3n) is 2.74. The molecule has 7 nitrogen and oxygen atoms in total. The summed E-state index contributed by atoms with van der Waals surface area (Å²) in [5, 5.41) is 18.4. The van der Waals surface area contributed by atoms with Gasteiger partial charge in [-0.2, -0.15) is 0 Å². The van der Waals surface area contributed by atoms with E-state index in [0.717, 1.165) is 15.8 Å². The molecule has 0 radical (unpaired) electrons. The summed E-state index contributed by atoms with van der Waals surface area (Å²) in [6, 6.07) is 6.64. The second kappa shape index (κ2) is 5.43. The van der Waals surface area contributed by atoms with Crippen molar-refractivity contribution in [2.45, 2.75) is 0 Å². The molecule has 0 saturated heterocycles. The van der Waals surface area contributed by atoms with Gasteiger partial charge in [0.25, 0.3) is 5.91 Å². The molecule has 0 aliphatic heterocycles. The number of fused-ring (bicyclic) bond motifs is 1. The maximum atomic E-state index is 12.2. The minimum Gasteiger partial charge on any atom is -0.480 e. The summed E-state index contributed by atoms with van der Waals surface area (Å²) in [6.07, 6.45) is 1.71. The topological polar surface area (TPSA) is 111 Å². The van der Waals surface area contributed by atoms with Crippen LogP contribution in [0.3, 0.4) is 0 Å². The lowest BCUT2D eigenvalue weighted by Gasteiger charge is -2.18. The molecule has 0 bridgehead atoms. The smallest absolute Gasteiger partial charge is 0.323 e. The molecule has 3 N–H and O–H groups in total. The van der Waals surface area contributed by atoms with E-state index >= 15 is 0 Å². The van der Waals surface area contributed by atoms with Crippen LogP contribution in [0.15, 0.2) is 30.5 Å². The SMILES string of the molecule is O=C(O)CN(CC(=O)O)C(=O)c1ccc2cc[nH]c2c1. The van der Waals surface area contributed by atoms with Crippen LogP contribution >= 0.6 is 0 Å². The number of hydrogen-bond acceptors (Lipinski definition) is 3. The van der Waals surface area contributed by atoms with Crippen molar-refractivity contribution in [2.75, 3.05) is 13.1 Å². The summed E-state index contributed by atoms with van der Waals surface area (Å²) >= 11 is 0. The molecule has 2 aromatic rings. The summed E-state index contributed by atoms with van der Waals surface area (Å²) < 4.78 is 0. The quantitative estimate of drug-likeness (QED) is 0.747. The molecule has 0 fully saturated rings. The van der Waals surface area contributed by atoms with Crippen LogP contribution in [0.4, 0.5) is 0 Å². The molecular weight excluding hydrogens is 264 g/mol. The first kappa shape index (κ1) is 13.6. The zero-order valence-corrected chi connectivity index (χ0v) is 10.4. The summed E-state index contributed by atoms with van der Waals surface area (Å²) in [4.78, 5) is 37.3. The predicted molar refractivity (Wildman–Crippen MR) is 69.5 cm³/mol. The molecular formula is C13H12N2O5. The number of carboxylic acid groups (broad SMARTS) is 2. The highest BCUT2D eigenvalue weighted by atomic mass is 16.4. The van der Waals surface area contributed by atoms with Crippen LogP contribution in [0.25, 0.3) is 10.9 Å². The zero-order valence-electron chi connectivity index (χ0n) is 10.4. The number of rotatable bonds is 5. The van der Waals surface area contributed by atoms with E-state index in [0.29, 0.717) is 0 Å². The fraction of sp³-hybridized carbons (Fsp3) is 0.154. The van der Waals surface area contributed by atoms with Gasteiger partial charge in [0.2, 0.25) is 0 Å². The summed E-state index contributed by atoms with van der Waals surface area (Å²) in [5.41, 5.74) is 0.962. The van der Waals surface area contributed by atoms with Crippen LogP contribution in [0.2, 0.25) is 0 Å². The minimum absolute atomic E-state index is 0.238. The number of carbonyl (C=O) groups is 3. The molecule has 7 heteroatoms. The fourth-order valence-corrected chi connectivity index (χ4v) is 1.89. The second-order valence-corrected chi connectivity index (χ2v) is 4.23. The number of nitrogens with one attached hydrogen (secondary N) is 1. The highest BCUT2D eigenvalue weighted by molar-refractivity contribution is 6.00. The van der Waals surface area contributed by atoms with E-state index in [9.17, 15) is 14.4 Å². The second-order valence-electron chi connectivity index (χ2n) is 4.23. The first-order chi connectivity index (χ1) is 9.47. The molecule has 20 heavy (non-hydrogen) atoms. The molecule has 1 aromatic carbocycles. The zero-order chi connectivity index (χ0) is 14.7. The molecule has 0 spiro atoms. The number of benzene rings is 1. The number of carbonyl (C=O) groups excluding carboxylic acids is 1. The van der Waals surface area contributed by atoms with E-state index in [1.807, 2.05) is 6.07 Å². The Morgan fingerprint density at radius 2 is 1.70 bits per heavy atom. The molecule has 0 unspecified atom stereocenters. The highest BCUT2D eigenvalue weighted by Crippen LogP contribution is 2.15. The summed E-state index contributed by atoms with van der Waals surface area (Å²) in [6.45, 7) is -1.32. The van der Waals surface area contributed by atoms with Crippen molar-refractivity contribution in [2.24, 2.45) is 0 Å². The van der Waals surface area contributed by atoms with Gasteiger partial charge >= 0.3 is 11.9 Å². The van der Waals surface area contributed by atoms with Gasteiger partial charge in [0.15, 0.2) is 0 Å². The molecule has 0 saturated carbocycles. The van der Waals surface area contributed by atoms with E-state index < -0.39 is 30.9 Å². The monoisotopic (exact) mass is 276 g/mol. The maximum Gasteiger partial charge on any atom is 0.323 e. The van der Waals surface area contributed by atoms with Crippen LogP contribution < -0.4 is 0 Å². The maximum absolute atomic E-state index is 12.2. The lowest BCUT2D eigenvalue weighted by Crippen LogP contribution is -2.39. The third kappa shape index (κ3) is 2.94. The predicted octanol–water partition coefficient (Wildman–Crippen LogP) is 0.779. The average Bonchev–Trinajstić information content (AvgIpc) is 2.83. The van der Waals surface area contributed by atoms with Crippen molar-refractivity contribution in [1.29, 1.82) is 0 Å². The van der Waals surface area contributed by atoms with Gasteiger partial charge in [-0.1, -0.05) is 6.07 Å². The van der Waals surface area contributed by atoms with Gasteiger partial charge in [0, 0.05) is 17.3 Å². The minimum atomic E-state index is -1.26. The van der Waals surface area contributed by atoms with Gasteiger partial charge < -0.3 is 20.1 Å². The number of aliphatic carboxylic acids is 2. The van der Waals surface area contributed by atoms with Crippen molar-refractivity contribution < 1.29 is 24.6 Å². The van der Waals surface area contributed by atoms with Crippen LogP contribution in [0.1, 0.15) is 10.4 Å². The molecule has 1 amide bonds. The molecule has 0 aliphatic carbocycles. The first-order valence-electron chi connectivity index (χ1n) is 5.77. The van der Waals surface area contributed by atoms with Crippen LogP contribution in [-0.2, 0) is 9.59 Å². The molecule has 1 heterocycles. The summed E-state index contributed by atoms with van der Waals surface area (Å²) in [7, 11) is 0. The Labute approximate surface area is 113 Å². The third-order valence-corrected chi connectivity index (χ3v) is 2.74. The molecule has 0 atom stereocenters. The average molecular weight is 276 g/mol.